The molecule has 9 heteroatoms. The van der Waals surface area contributed by atoms with Crippen LogP contribution in [0.15, 0.2) is 71.6 Å². The molecule has 1 heterocycles. The van der Waals surface area contributed by atoms with Gasteiger partial charge in [-0.15, -0.1) is 11.8 Å². The maximum absolute atomic E-state index is 6.23. The first-order valence-electron chi connectivity index (χ1n) is 15.6. The highest BCUT2D eigenvalue weighted by Gasteiger charge is 2.41. The Morgan fingerprint density at radius 2 is 1.39 bits per heavy atom. The minimum atomic E-state index is -1.18. The van der Waals surface area contributed by atoms with Crippen molar-refractivity contribution in [3.63, 3.8) is 0 Å². The molecular formula is C37H48O7SSi. The van der Waals surface area contributed by atoms with Gasteiger partial charge in [0.05, 0.1) is 12.0 Å². The molecule has 7 nitrogen and oxygen atoms in total. The molecule has 1 aliphatic rings. The highest BCUT2D eigenvalue weighted by molar-refractivity contribution is 7.99. The zero-order valence-corrected chi connectivity index (χ0v) is 30.4. The van der Waals surface area contributed by atoms with Gasteiger partial charge in [0, 0.05) is 30.3 Å². The lowest BCUT2D eigenvalue weighted by Crippen LogP contribution is -2.38. The molecular weight excluding hydrogens is 617 g/mol. The standard InChI is InChI=1S/C37H48O7SSi/c1-36(2,3)35(44-46(7)8)23-41-29-17-15-28(16-18-29)40-21-9-10-33-32-20-19-31(43-26-39-6)22-34(32)45-24-37(33,4)27-11-13-30(14-12-27)42-25-38-5/h11-20,22,33,35,46H,21,23-26H2,1-8H3. The van der Waals surface area contributed by atoms with E-state index in [2.05, 4.69) is 76.9 Å². The SMILES string of the molecule is COCOc1ccc(C2(C)CSc3cc(OCOC)ccc3C2C#CCOc2ccc(OCC(O[SiH](C)C)C(C)(C)C)cc2)cc1. The highest BCUT2D eigenvalue weighted by atomic mass is 32.2. The number of hydrogen-bond acceptors (Lipinski definition) is 8. The second-order valence-corrected chi connectivity index (χ2v) is 16.3. The van der Waals surface area contributed by atoms with Gasteiger partial charge in [-0.1, -0.05) is 57.7 Å². The fourth-order valence-electron chi connectivity index (χ4n) is 5.18. The van der Waals surface area contributed by atoms with Crippen molar-refractivity contribution in [1.82, 2.24) is 0 Å². The van der Waals surface area contributed by atoms with Crippen LogP contribution in [0.5, 0.6) is 23.0 Å². The van der Waals surface area contributed by atoms with E-state index < -0.39 is 9.04 Å². The Balaban J connectivity index is 1.48. The van der Waals surface area contributed by atoms with E-state index in [1.54, 1.807) is 14.2 Å². The van der Waals surface area contributed by atoms with Crippen LogP contribution >= 0.6 is 11.8 Å². The monoisotopic (exact) mass is 664 g/mol. The predicted octanol–water partition coefficient (Wildman–Crippen LogP) is 7.68. The van der Waals surface area contributed by atoms with Gasteiger partial charge in [0.2, 0.25) is 0 Å². The quantitative estimate of drug-likeness (QED) is 0.0989. The van der Waals surface area contributed by atoms with Crippen LogP contribution in [-0.4, -0.2) is 61.9 Å². The topological polar surface area (TPSA) is 64.6 Å². The summed E-state index contributed by atoms with van der Waals surface area (Å²) in [6, 6.07) is 22.1. The Morgan fingerprint density at radius 3 is 2.00 bits per heavy atom. The molecule has 0 radical (unpaired) electrons. The van der Waals surface area contributed by atoms with Gasteiger partial charge in [0.1, 0.15) is 36.2 Å². The van der Waals surface area contributed by atoms with Crippen LogP contribution in [0.4, 0.5) is 0 Å². The Hall–Kier alpha value is -3.13. The lowest BCUT2D eigenvalue weighted by Gasteiger charge is -2.40. The first-order valence-corrected chi connectivity index (χ1v) is 19.4. The second-order valence-electron chi connectivity index (χ2n) is 12.9. The van der Waals surface area contributed by atoms with Crippen molar-refractivity contribution in [1.29, 1.82) is 0 Å². The third-order valence-electron chi connectivity index (χ3n) is 7.85. The summed E-state index contributed by atoms with van der Waals surface area (Å²) in [5.74, 6) is 10.8. The normalized spacial score (nSPS) is 18.2. The summed E-state index contributed by atoms with van der Waals surface area (Å²) in [5.41, 5.74) is 2.13. The van der Waals surface area contributed by atoms with Crippen molar-refractivity contribution in [2.24, 2.45) is 5.41 Å². The number of methoxy groups -OCH3 is 2. The summed E-state index contributed by atoms with van der Waals surface area (Å²) in [4.78, 5) is 1.16. The van der Waals surface area contributed by atoms with Crippen molar-refractivity contribution in [3.8, 4) is 34.8 Å². The van der Waals surface area contributed by atoms with Gasteiger partial charge in [-0.05, 0) is 78.2 Å². The summed E-state index contributed by atoms with van der Waals surface area (Å²) in [6.45, 7) is 14.4. The van der Waals surface area contributed by atoms with Crippen LogP contribution in [0.25, 0.3) is 0 Å². The van der Waals surface area contributed by atoms with Gasteiger partial charge in [0.15, 0.2) is 22.6 Å². The molecule has 3 aromatic rings. The van der Waals surface area contributed by atoms with Crippen molar-refractivity contribution < 1.29 is 32.8 Å². The van der Waals surface area contributed by atoms with Gasteiger partial charge < -0.3 is 32.8 Å². The number of benzene rings is 3. The number of fused-ring (bicyclic) bond motifs is 1. The molecule has 46 heavy (non-hydrogen) atoms. The van der Waals surface area contributed by atoms with Crippen LogP contribution in [0.3, 0.4) is 0 Å². The molecule has 0 bridgehead atoms. The van der Waals surface area contributed by atoms with Gasteiger partial charge in [0.25, 0.3) is 0 Å². The zero-order valence-electron chi connectivity index (χ0n) is 28.4. The van der Waals surface area contributed by atoms with E-state index >= 15 is 0 Å². The minimum absolute atomic E-state index is 0.00855. The Bertz CT molecular complexity index is 1440. The highest BCUT2D eigenvalue weighted by Crippen LogP contribution is 2.50. The van der Waals surface area contributed by atoms with E-state index in [0.29, 0.717) is 6.61 Å². The minimum Gasteiger partial charge on any atom is -0.491 e. The van der Waals surface area contributed by atoms with Crippen LogP contribution in [0.1, 0.15) is 44.7 Å². The van der Waals surface area contributed by atoms with Crippen molar-refractivity contribution in [2.75, 3.05) is 46.8 Å². The molecule has 0 aliphatic carbocycles. The van der Waals surface area contributed by atoms with E-state index in [1.807, 2.05) is 54.2 Å². The summed E-state index contributed by atoms with van der Waals surface area (Å²) >= 11 is 1.82. The molecule has 4 rings (SSSR count). The molecule has 3 unspecified atom stereocenters. The molecule has 3 atom stereocenters. The van der Waals surface area contributed by atoms with E-state index in [4.69, 9.17) is 32.8 Å². The largest absolute Gasteiger partial charge is 0.491 e. The first-order chi connectivity index (χ1) is 22.0. The fraction of sp³-hybridized carbons (Fsp3) is 0.459. The van der Waals surface area contributed by atoms with Gasteiger partial charge in [-0.3, -0.25) is 0 Å². The average Bonchev–Trinajstić information content (AvgIpc) is 3.04. The second kappa shape index (κ2) is 16.6. The lowest BCUT2D eigenvalue weighted by atomic mass is 9.70. The van der Waals surface area contributed by atoms with E-state index in [0.717, 1.165) is 33.6 Å². The van der Waals surface area contributed by atoms with Gasteiger partial charge >= 0.3 is 0 Å². The molecule has 0 aromatic heterocycles. The summed E-state index contributed by atoms with van der Waals surface area (Å²) in [7, 11) is 2.05. The molecule has 0 amide bonds. The van der Waals surface area contributed by atoms with E-state index in [1.165, 1.54) is 11.1 Å². The maximum Gasteiger partial charge on any atom is 0.188 e. The Morgan fingerprint density at radius 1 is 0.826 bits per heavy atom. The van der Waals surface area contributed by atoms with E-state index in [-0.39, 0.29) is 43.0 Å². The lowest BCUT2D eigenvalue weighted by molar-refractivity contribution is 0.0412. The van der Waals surface area contributed by atoms with Gasteiger partial charge in [-0.25, -0.2) is 0 Å². The number of ether oxygens (including phenoxy) is 6. The molecule has 0 saturated carbocycles. The summed E-state index contributed by atoms with van der Waals surface area (Å²) in [5, 5.41) is 0. The van der Waals surface area contributed by atoms with Crippen molar-refractivity contribution in [2.45, 2.75) is 63.1 Å². The number of hydrogen-bond donors (Lipinski definition) is 0. The smallest absolute Gasteiger partial charge is 0.188 e. The van der Waals surface area contributed by atoms with Crippen molar-refractivity contribution in [3.05, 3.63) is 77.9 Å². The predicted molar refractivity (Wildman–Crippen MR) is 187 cm³/mol. The van der Waals surface area contributed by atoms with Gasteiger partial charge in [-0.2, -0.15) is 0 Å². The first kappa shape index (κ1) is 35.7. The molecule has 0 N–H and O–H groups in total. The van der Waals surface area contributed by atoms with Crippen LogP contribution in [-0.2, 0) is 19.3 Å². The Labute approximate surface area is 280 Å². The summed E-state index contributed by atoms with van der Waals surface area (Å²) in [6.07, 6.45) is 0.0470. The fourth-order valence-corrected chi connectivity index (χ4v) is 7.67. The van der Waals surface area contributed by atoms with Crippen molar-refractivity contribution >= 4 is 20.8 Å². The molecule has 0 saturated heterocycles. The molecule has 0 spiro atoms. The molecule has 248 valence electrons. The maximum atomic E-state index is 6.23. The van der Waals surface area contributed by atoms with Crippen LogP contribution in [0, 0.1) is 17.3 Å². The third kappa shape index (κ3) is 9.69. The zero-order chi connectivity index (χ0) is 33.2. The third-order valence-corrected chi connectivity index (χ3v) is 10.1. The summed E-state index contributed by atoms with van der Waals surface area (Å²) < 4.78 is 39.9. The van der Waals surface area contributed by atoms with E-state index in [9.17, 15) is 0 Å². The number of rotatable bonds is 14. The average molecular weight is 665 g/mol. The van der Waals surface area contributed by atoms with Crippen LogP contribution in [0.2, 0.25) is 13.1 Å². The molecule has 3 aromatic carbocycles. The molecule has 0 fully saturated rings. The molecule has 1 aliphatic heterocycles. The van der Waals surface area contributed by atoms with Crippen LogP contribution < -0.4 is 18.9 Å². The number of thioether (sulfide) groups is 1. The Kier molecular flexibility index (Phi) is 12.9.